The Morgan fingerprint density at radius 3 is 2.71 bits per heavy atom. The molecule has 0 saturated heterocycles. The number of amides is 1. The van der Waals surface area contributed by atoms with Gasteiger partial charge in [0.05, 0.1) is 38.3 Å². The van der Waals surface area contributed by atoms with E-state index in [2.05, 4.69) is 9.72 Å². The molecular weight excluding hydrogens is 336 g/mol. The maximum atomic E-state index is 12.5. The first-order chi connectivity index (χ1) is 11.5. The summed E-state index contributed by atoms with van der Waals surface area (Å²) in [6.45, 7) is 0.667. The summed E-state index contributed by atoms with van der Waals surface area (Å²) in [7, 11) is 4.36. The Morgan fingerprint density at radius 2 is 2.08 bits per heavy atom. The zero-order chi connectivity index (χ0) is 17.4. The zero-order valence-corrected chi connectivity index (χ0v) is 14.3. The first-order valence-electron chi connectivity index (χ1n) is 7.32. The highest BCUT2D eigenvalue weighted by Crippen LogP contribution is 2.44. The third kappa shape index (κ3) is 2.45. The second-order valence-corrected chi connectivity index (χ2v) is 5.76. The zero-order valence-electron chi connectivity index (χ0n) is 13.6. The third-order valence-corrected chi connectivity index (χ3v) is 4.50. The van der Waals surface area contributed by atoms with E-state index in [0.717, 1.165) is 10.9 Å². The highest BCUT2D eigenvalue weighted by molar-refractivity contribution is 6.38. The van der Waals surface area contributed by atoms with Crippen molar-refractivity contribution in [3.8, 4) is 11.5 Å². The molecular formula is C16H17ClN2O5. The van der Waals surface area contributed by atoms with E-state index < -0.39 is 0 Å². The maximum absolute atomic E-state index is 12.5. The van der Waals surface area contributed by atoms with Crippen LogP contribution in [0.4, 0.5) is 0 Å². The number of fused-ring (bicyclic) bond motifs is 3. The van der Waals surface area contributed by atoms with Gasteiger partial charge in [-0.3, -0.25) is 9.59 Å². The number of carbonyl (C=O) groups is 2. The quantitative estimate of drug-likeness (QED) is 0.835. The summed E-state index contributed by atoms with van der Waals surface area (Å²) in [5.74, 6) is 0.394. The molecule has 128 valence electrons. The summed E-state index contributed by atoms with van der Waals surface area (Å²) < 4.78 is 15.2. The molecule has 1 N–H and O–H groups in total. The van der Waals surface area contributed by atoms with Gasteiger partial charge in [0.15, 0.2) is 11.5 Å². The Morgan fingerprint density at radius 1 is 1.33 bits per heavy atom. The molecule has 0 fully saturated rings. The lowest BCUT2D eigenvalue weighted by Gasteiger charge is -2.16. The van der Waals surface area contributed by atoms with Crippen molar-refractivity contribution < 1.29 is 23.8 Å². The van der Waals surface area contributed by atoms with Crippen LogP contribution >= 0.6 is 11.6 Å². The topological polar surface area (TPSA) is 80.9 Å². The number of nitrogens with one attached hydrogen (secondary N) is 1. The maximum Gasteiger partial charge on any atom is 0.307 e. The number of aromatic nitrogens is 1. The number of nitrogens with zero attached hydrogens (tertiary/aromatic N) is 1. The minimum absolute atomic E-state index is 0.148. The predicted molar refractivity (Wildman–Crippen MR) is 87.8 cm³/mol. The van der Waals surface area contributed by atoms with E-state index >= 15 is 0 Å². The van der Waals surface area contributed by atoms with Crippen molar-refractivity contribution in [2.75, 3.05) is 27.9 Å². The van der Waals surface area contributed by atoms with Crippen LogP contribution in [0.2, 0.25) is 5.02 Å². The fraction of sp³-hybridized carbons (Fsp3) is 0.375. The smallest absolute Gasteiger partial charge is 0.307 e. The molecule has 0 bridgehead atoms. The molecule has 0 radical (unpaired) electrons. The van der Waals surface area contributed by atoms with E-state index in [4.69, 9.17) is 21.1 Å². The minimum atomic E-state index is -0.354. The summed E-state index contributed by atoms with van der Waals surface area (Å²) in [6.07, 6.45) is 0.148. The van der Waals surface area contributed by atoms with Crippen molar-refractivity contribution in [2.24, 2.45) is 0 Å². The number of benzene rings is 1. The standard InChI is InChI=1S/C16H17ClN2O5/c1-22-10-6-9-12(13(17)15(10)24-3)8-7-19(5-4-11(20)23-2)16(21)14(8)18-9/h6,18H,4-5,7H2,1-3H3. The third-order valence-electron chi connectivity index (χ3n) is 4.14. The van der Waals surface area contributed by atoms with Crippen molar-refractivity contribution >= 4 is 34.4 Å². The van der Waals surface area contributed by atoms with Crippen molar-refractivity contribution in [2.45, 2.75) is 13.0 Å². The van der Waals surface area contributed by atoms with Gasteiger partial charge < -0.3 is 24.1 Å². The molecule has 0 atom stereocenters. The summed E-state index contributed by atoms with van der Waals surface area (Å²) in [5.41, 5.74) is 1.99. The van der Waals surface area contributed by atoms with Crippen LogP contribution in [0, 0.1) is 0 Å². The lowest BCUT2D eigenvalue weighted by atomic mass is 10.1. The summed E-state index contributed by atoms with van der Waals surface area (Å²) in [5, 5.41) is 1.13. The number of hydrogen-bond acceptors (Lipinski definition) is 5. The highest BCUT2D eigenvalue weighted by Gasteiger charge is 2.33. The molecule has 1 aliphatic rings. The average Bonchev–Trinajstić information content (AvgIpc) is 3.09. The summed E-state index contributed by atoms with van der Waals surface area (Å²) in [6, 6.07) is 1.75. The van der Waals surface area contributed by atoms with E-state index in [1.807, 2.05) is 0 Å². The van der Waals surface area contributed by atoms with Crippen LogP contribution in [0.1, 0.15) is 22.5 Å². The van der Waals surface area contributed by atoms with Gasteiger partial charge in [0.25, 0.3) is 5.91 Å². The number of carbonyl (C=O) groups excluding carboxylic acids is 2. The first-order valence-corrected chi connectivity index (χ1v) is 7.70. The van der Waals surface area contributed by atoms with Crippen LogP contribution < -0.4 is 9.47 Å². The Hall–Kier alpha value is -2.41. The van der Waals surface area contributed by atoms with Gasteiger partial charge in [-0.2, -0.15) is 0 Å². The fourth-order valence-corrected chi connectivity index (χ4v) is 3.34. The van der Waals surface area contributed by atoms with Gasteiger partial charge in [-0.15, -0.1) is 0 Å². The van der Waals surface area contributed by atoms with Gasteiger partial charge in [-0.1, -0.05) is 11.6 Å². The lowest BCUT2D eigenvalue weighted by Crippen LogP contribution is -2.27. The van der Waals surface area contributed by atoms with Gasteiger partial charge >= 0.3 is 5.97 Å². The van der Waals surface area contributed by atoms with E-state index in [1.54, 1.807) is 11.0 Å². The van der Waals surface area contributed by atoms with Gasteiger partial charge in [0, 0.05) is 30.1 Å². The lowest BCUT2D eigenvalue weighted by molar-refractivity contribution is -0.140. The molecule has 1 aromatic heterocycles. The SMILES string of the molecule is COC(=O)CCN1Cc2c([nH]c3cc(OC)c(OC)c(Cl)c23)C1=O. The molecule has 0 unspecified atom stereocenters. The molecule has 8 heteroatoms. The second kappa shape index (κ2) is 6.24. The Balaban J connectivity index is 2.00. The largest absolute Gasteiger partial charge is 0.493 e. The van der Waals surface area contributed by atoms with E-state index in [9.17, 15) is 9.59 Å². The number of hydrogen-bond donors (Lipinski definition) is 1. The number of rotatable bonds is 5. The molecule has 2 heterocycles. The average molecular weight is 353 g/mol. The molecule has 3 rings (SSSR count). The monoisotopic (exact) mass is 352 g/mol. The van der Waals surface area contributed by atoms with Gasteiger partial charge in [-0.25, -0.2) is 0 Å². The van der Waals surface area contributed by atoms with Crippen molar-refractivity contribution in [1.29, 1.82) is 0 Å². The predicted octanol–water partition coefficient (Wildman–Crippen LogP) is 2.36. The number of aromatic amines is 1. The van der Waals surface area contributed by atoms with Crippen LogP contribution in [0.3, 0.4) is 0 Å². The number of H-pyrrole nitrogens is 1. The van der Waals surface area contributed by atoms with Crippen LogP contribution in [-0.2, 0) is 16.1 Å². The van der Waals surface area contributed by atoms with Crippen LogP contribution in [0.25, 0.3) is 10.9 Å². The van der Waals surface area contributed by atoms with Gasteiger partial charge in [-0.05, 0) is 0 Å². The summed E-state index contributed by atoms with van der Waals surface area (Å²) in [4.78, 5) is 28.5. The van der Waals surface area contributed by atoms with Crippen LogP contribution in [-0.4, -0.2) is 49.6 Å². The second-order valence-electron chi connectivity index (χ2n) is 5.38. The normalized spacial score (nSPS) is 13.3. The number of esters is 1. The van der Waals surface area contributed by atoms with E-state index in [0.29, 0.717) is 40.8 Å². The Labute approximate surface area is 143 Å². The molecule has 24 heavy (non-hydrogen) atoms. The molecule has 0 saturated carbocycles. The van der Waals surface area contributed by atoms with Crippen molar-refractivity contribution in [1.82, 2.24) is 9.88 Å². The molecule has 0 spiro atoms. The van der Waals surface area contributed by atoms with Gasteiger partial charge in [0.1, 0.15) is 5.69 Å². The minimum Gasteiger partial charge on any atom is -0.493 e. The van der Waals surface area contributed by atoms with E-state index in [1.165, 1.54) is 21.3 Å². The molecule has 2 aromatic rings. The van der Waals surface area contributed by atoms with Crippen LogP contribution in [0.15, 0.2) is 6.07 Å². The number of halogens is 1. The van der Waals surface area contributed by atoms with Crippen molar-refractivity contribution in [3.05, 3.63) is 22.3 Å². The Kier molecular flexibility index (Phi) is 4.28. The number of methoxy groups -OCH3 is 3. The fourth-order valence-electron chi connectivity index (χ4n) is 2.95. The Bertz CT molecular complexity index is 830. The van der Waals surface area contributed by atoms with Gasteiger partial charge in [0.2, 0.25) is 0 Å². The summed E-state index contributed by atoms with van der Waals surface area (Å²) >= 11 is 6.47. The first kappa shape index (κ1) is 16.4. The molecule has 1 aliphatic heterocycles. The number of ether oxygens (including phenoxy) is 3. The van der Waals surface area contributed by atoms with Crippen LogP contribution in [0.5, 0.6) is 11.5 Å². The molecule has 0 aliphatic carbocycles. The van der Waals surface area contributed by atoms with Crippen molar-refractivity contribution in [3.63, 3.8) is 0 Å². The molecule has 1 amide bonds. The molecule has 7 nitrogen and oxygen atoms in total. The highest BCUT2D eigenvalue weighted by atomic mass is 35.5. The molecule has 1 aromatic carbocycles. The van der Waals surface area contributed by atoms with E-state index in [-0.39, 0.29) is 18.3 Å².